The first-order valence-electron chi connectivity index (χ1n) is 8.57. The van der Waals surface area contributed by atoms with Crippen LogP contribution in [0.5, 0.6) is 0 Å². The van der Waals surface area contributed by atoms with Gasteiger partial charge in [0.1, 0.15) is 5.82 Å². The van der Waals surface area contributed by atoms with E-state index in [9.17, 15) is 14.4 Å². The molecule has 0 radical (unpaired) electrons. The van der Waals surface area contributed by atoms with Crippen LogP contribution in [0.4, 0.5) is 10.6 Å². The average Bonchev–Trinajstić information content (AvgIpc) is 2.93. The van der Waals surface area contributed by atoms with Crippen molar-refractivity contribution in [2.75, 3.05) is 31.5 Å². The van der Waals surface area contributed by atoms with E-state index in [1.165, 1.54) is 0 Å². The number of hydrogen-bond acceptors (Lipinski definition) is 4. The molecule has 0 aromatic carbocycles. The van der Waals surface area contributed by atoms with Crippen LogP contribution in [0, 0.1) is 0 Å². The Labute approximate surface area is 145 Å². The Hall–Kier alpha value is -2.64. The van der Waals surface area contributed by atoms with Gasteiger partial charge in [0.2, 0.25) is 5.91 Å². The number of aromatic nitrogens is 1. The molecule has 0 spiro atoms. The van der Waals surface area contributed by atoms with Crippen LogP contribution < -0.4 is 5.32 Å². The van der Waals surface area contributed by atoms with Crippen LogP contribution in [-0.4, -0.2) is 64.0 Å². The predicted octanol–water partition coefficient (Wildman–Crippen LogP) is 1.11. The molecule has 2 aliphatic heterocycles. The number of amides is 3. The van der Waals surface area contributed by atoms with Crippen molar-refractivity contribution in [2.24, 2.45) is 0 Å². The summed E-state index contributed by atoms with van der Waals surface area (Å²) >= 11 is 0. The smallest absolute Gasteiger partial charge is 0.320 e. The summed E-state index contributed by atoms with van der Waals surface area (Å²) in [5.74, 6) is -0.232. The molecule has 0 aliphatic carbocycles. The molecular weight excluding hydrogens is 324 g/mol. The van der Waals surface area contributed by atoms with Crippen molar-refractivity contribution in [1.82, 2.24) is 14.8 Å². The van der Waals surface area contributed by atoms with Crippen molar-refractivity contribution in [3.8, 4) is 0 Å². The van der Waals surface area contributed by atoms with E-state index in [0.717, 1.165) is 30.5 Å². The van der Waals surface area contributed by atoms with Gasteiger partial charge in [-0.05, 0) is 30.9 Å². The molecule has 1 aromatic heterocycles. The van der Waals surface area contributed by atoms with Crippen molar-refractivity contribution in [1.29, 1.82) is 0 Å². The first-order chi connectivity index (χ1) is 12.0. The molecule has 0 bridgehead atoms. The van der Waals surface area contributed by atoms with E-state index >= 15 is 0 Å². The van der Waals surface area contributed by atoms with Crippen LogP contribution in [0.2, 0.25) is 0 Å². The van der Waals surface area contributed by atoms with E-state index in [1.54, 1.807) is 9.80 Å². The highest BCUT2D eigenvalue weighted by Gasteiger charge is 2.27. The summed E-state index contributed by atoms with van der Waals surface area (Å²) < 4.78 is 0. The van der Waals surface area contributed by atoms with Crippen LogP contribution >= 0.6 is 0 Å². The fourth-order valence-corrected chi connectivity index (χ4v) is 3.15. The quantitative estimate of drug-likeness (QED) is 0.770. The number of nitrogens with one attached hydrogen (secondary N) is 1. The number of rotatable bonds is 7. The van der Waals surface area contributed by atoms with Crippen molar-refractivity contribution in [2.45, 2.75) is 32.1 Å². The summed E-state index contributed by atoms with van der Waals surface area (Å²) in [6.45, 7) is 2.09. The topological polar surface area (TPSA) is 103 Å². The summed E-state index contributed by atoms with van der Waals surface area (Å²) in [7, 11) is 0. The molecule has 3 amide bonds. The zero-order chi connectivity index (χ0) is 17.8. The van der Waals surface area contributed by atoms with Crippen LogP contribution in [0.15, 0.2) is 12.1 Å². The Balaban J connectivity index is 1.47. The molecule has 1 aromatic rings. The molecule has 25 heavy (non-hydrogen) atoms. The van der Waals surface area contributed by atoms with Gasteiger partial charge >= 0.3 is 12.0 Å². The number of carbonyl (C=O) groups excluding carboxylic acids is 2. The van der Waals surface area contributed by atoms with Gasteiger partial charge in [0.05, 0.1) is 6.42 Å². The highest BCUT2D eigenvalue weighted by molar-refractivity contribution is 5.92. The highest BCUT2D eigenvalue weighted by atomic mass is 16.4. The third kappa shape index (κ3) is 4.26. The SMILES string of the molecule is O=C(O)CCN1CCN(CCCc2ccc3c(n2)NC(=O)CC3)C1=O. The van der Waals surface area contributed by atoms with Crippen molar-refractivity contribution in [3.63, 3.8) is 0 Å². The molecule has 3 rings (SSSR count). The molecule has 1 fully saturated rings. The van der Waals surface area contributed by atoms with Crippen molar-refractivity contribution in [3.05, 3.63) is 23.4 Å². The number of anilines is 1. The summed E-state index contributed by atoms with van der Waals surface area (Å²) in [5.41, 5.74) is 1.96. The zero-order valence-corrected chi connectivity index (χ0v) is 14.0. The standard InChI is InChI=1S/C17H22N4O4/c22-14-6-4-12-3-5-13(18-16(12)19-14)2-1-8-20-10-11-21(17(20)25)9-7-15(23)24/h3,5H,1-2,4,6-11H2,(H,23,24)(H,18,19,22). The van der Waals surface area contributed by atoms with Crippen LogP contribution in [0.25, 0.3) is 0 Å². The Bertz CT molecular complexity index is 691. The number of nitrogens with zero attached hydrogens (tertiary/aromatic N) is 3. The minimum absolute atomic E-state index is 0.00117. The van der Waals surface area contributed by atoms with E-state index < -0.39 is 5.97 Å². The summed E-state index contributed by atoms with van der Waals surface area (Å²) in [4.78, 5) is 42.1. The van der Waals surface area contributed by atoms with E-state index in [4.69, 9.17) is 5.11 Å². The van der Waals surface area contributed by atoms with Crippen molar-refractivity contribution >= 4 is 23.7 Å². The van der Waals surface area contributed by atoms with Crippen LogP contribution in [0.3, 0.4) is 0 Å². The number of carboxylic acids is 1. The maximum atomic E-state index is 12.2. The van der Waals surface area contributed by atoms with E-state index in [2.05, 4.69) is 10.3 Å². The normalized spacial score (nSPS) is 16.8. The van der Waals surface area contributed by atoms with E-state index in [1.807, 2.05) is 12.1 Å². The predicted molar refractivity (Wildman–Crippen MR) is 90.3 cm³/mol. The number of carbonyl (C=O) groups is 3. The van der Waals surface area contributed by atoms with Gasteiger partial charge in [-0.3, -0.25) is 9.59 Å². The lowest BCUT2D eigenvalue weighted by atomic mass is 10.1. The van der Waals surface area contributed by atoms with Crippen LogP contribution in [0.1, 0.15) is 30.5 Å². The molecule has 1 saturated heterocycles. The maximum Gasteiger partial charge on any atom is 0.320 e. The Kier molecular flexibility index (Phi) is 5.16. The highest BCUT2D eigenvalue weighted by Crippen LogP contribution is 2.21. The molecule has 0 atom stereocenters. The maximum absolute atomic E-state index is 12.2. The first-order valence-corrected chi connectivity index (χ1v) is 8.57. The summed E-state index contributed by atoms with van der Waals surface area (Å²) in [6.07, 6.45) is 2.71. The van der Waals surface area contributed by atoms with Gasteiger partial charge in [-0.1, -0.05) is 6.07 Å². The molecule has 3 heterocycles. The minimum atomic E-state index is -0.892. The number of aliphatic carboxylic acids is 1. The molecule has 0 saturated carbocycles. The molecular formula is C17H22N4O4. The monoisotopic (exact) mass is 346 g/mol. The number of fused-ring (bicyclic) bond motifs is 1. The second kappa shape index (κ2) is 7.50. The van der Waals surface area contributed by atoms with Gasteiger partial charge in [0.25, 0.3) is 0 Å². The third-order valence-corrected chi connectivity index (χ3v) is 4.55. The second-order valence-corrected chi connectivity index (χ2v) is 6.36. The van der Waals surface area contributed by atoms with Gasteiger partial charge < -0.3 is 20.2 Å². The Morgan fingerprint density at radius 3 is 2.68 bits per heavy atom. The van der Waals surface area contributed by atoms with Gasteiger partial charge in [-0.2, -0.15) is 0 Å². The molecule has 2 N–H and O–H groups in total. The number of urea groups is 1. The largest absolute Gasteiger partial charge is 0.481 e. The number of carboxylic acid groups (broad SMARTS) is 1. The van der Waals surface area contributed by atoms with Crippen molar-refractivity contribution < 1.29 is 19.5 Å². The molecule has 0 unspecified atom stereocenters. The van der Waals surface area contributed by atoms with Gasteiger partial charge in [-0.25, -0.2) is 9.78 Å². The first kappa shape index (κ1) is 17.2. The lowest BCUT2D eigenvalue weighted by Gasteiger charge is -2.18. The van der Waals surface area contributed by atoms with E-state index in [0.29, 0.717) is 31.9 Å². The fraction of sp³-hybridized carbons (Fsp3) is 0.529. The minimum Gasteiger partial charge on any atom is -0.481 e. The zero-order valence-electron chi connectivity index (χ0n) is 14.0. The molecule has 2 aliphatic rings. The number of hydrogen-bond donors (Lipinski definition) is 2. The van der Waals surface area contributed by atoms with Gasteiger partial charge in [0.15, 0.2) is 0 Å². The second-order valence-electron chi connectivity index (χ2n) is 6.36. The van der Waals surface area contributed by atoms with Crippen LogP contribution in [-0.2, 0) is 22.4 Å². The lowest BCUT2D eigenvalue weighted by Crippen LogP contribution is -2.33. The molecule has 8 heteroatoms. The summed E-state index contributed by atoms with van der Waals surface area (Å²) in [6, 6.07) is 3.89. The van der Waals surface area contributed by atoms with E-state index in [-0.39, 0.29) is 24.9 Å². The molecule has 8 nitrogen and oxygen atoms in total. The third-order valence-electron chi connectivity index (χ3n) is 4.55. The number of pyridine rings is 1. The van der Waals surface area contributed by atoms with Gasteiger partial charge in [0, 0.05) is 38.3 Å². The van der Waals surface area contributed by atoms with Gasteiger partial charge in [-0.15, -0.1) is 0 Å². The molecule has 134 valence electrons. The fourth-order valence-electron chi connectivity index (χ4n) is 3.15. The Morgan fingerprint density at radius 1 is 1.16 bits per heavy atom. The average molecular weight is 346 g/mol. The number of aryl methyl sites for hydroxylation is 2. The Morgan fingerprint density at radius 2 is 1.92 bits per heavy atom. The lowest BCUT2D eigenvalue weighted by molar-refractivity contribution is -0.137. The summed E-state index contributed by atoms with van der Waals surface area (Å²) in [5, 5.41) is 11.5.